The molecule has 0 saturated carbocycles. The number of carbonyl (C=O) groups excluding carboxylic acids is 1. The fraction of sp³-hybridized carbons (Fsp3) is 0.524. The lowest BCUT2D eigenvalue weighted by Crippen LogP contribution is -2.47. The van der Waals surface area contributed by atoms with Crippen molar-refractivity contribution in [1.29, 1.82) is 0 Å². The van der Waals surface area contributed by atoms with Gasteiger partial charge in [-0.05, 0) is 11.0 Å². The molecule has 0 fully saturated rings. The van der Waals surface area contributed by atoms with Gasteiger partial charge in [-0.1, -0.05) is 51.1 Å². The molecule has 2 rings (SSSR count). The lowest BCUT2D eigenvalue weighted by molar-refractivity contribution is -0.141. The molecule has 2 aromatic rings. The summed E-state index contributed by atoms with van der Waals surface area (Å²) in [7, 11) is 1.45. The van der Waals surface area contributed by atoms with Crippen molar-refractivity contribution in [2.24, 2.45) is 11.1 Å². The number of halogens is 1. The Morgan fingerprint density at radius 2 is 2.00 bits per heavy atom. The Morgan fingerprint density at radius 1 is 1.32 bits per heavy atom. The number of carbonyl (C=O) groups is 1. The van der Waals surface area contributed by atoms with E-state index >= 15 is 0 Å². The Bertz CT molecular complexity index is 742. The van der Waals surface area contributed by atoms with E-state index in [1.54, 1.807) is 6.20 Å². The maximum Gasteiger partial charge on any atom is 0.249 e. The molecule has 2 N–H and O–H groups in total. The largest absolute Gasteiger partial charge is 0.375 e. The summed E-state index contributed by atoms with van der Waals surface area (Å²) < 4.78 is 21.3. The van der Waals surface area contributed by atoms with Gasteiger partial charge in [-0.15, -0.1) is 0 Å². The first-order valence-corrected chi connectivity index (χ1v) is 9.45. The molecule has 1 heterocycles. The third-order valence-electron chi connectivity index (χ3n) is 4.56. The van der Waals surface area contributed by atoms with Crippen LogP contribution in [0.5, 0.6) is 0 Å². The summed E-state index contributed by atoms with van der Waals surface area (Å²) in [5, 5.41) is 0. The summed E-state index contributed by atoms with van der Waals surface area (Å²) in [6, 6.07) is 9.58. The number of nitrogens with zero attached hydrogens (tertiary/aromatic N) is 3. The Kier molecular flexibility index (Phi) is 7.71. The zero-order valence-corrected chi connectivity index (χ0v) is 17.1. The predicted molar refractivity (Wildman–Crippen MR) is 108 cm³/mol. The van der Waals surface area contributed by atoms with Gasteiger partial charge in [0.15, 0.2) is 0 Å². The molecule has 1 amide bonds. The highest BCUT2D eigenvalue weighted by molar-refractivity contribution is 5.78. The molecule has 6 nitrogen and oxygen atoms in total. The normalized spacial score (nSPS) is 13.9. The molecule has 0 aliphatic rings. The topological polar surface area (TPSA) is 73.4 Å². The number of benzene rings is 1. The van der Waals surface area contributed by atoms with E-state index in [0.29, 0.717) is 12.4 Å². The quantitative estimate of drug-likeness (QED) is 0.715. The zero-order valence-electron chi connectivity index (χ0n) is 17.1. The van der Waals surface area contributed by atoms with Gasteiger partial charge in [-0.2, -0.15) is 0 Å². The summed E-state index contributed by atoms with van der Waals surface area (Å²) in [6.45, 7) is 6.30. The van der Waals surface area contributed by atoms with E-state index in [9.17, 15) is 9.18 Å². The number of hydrogen-bond donors (Lipinski definition) is 1. The van der Waals surface area contributed by atoms with Gasteiger partial charge in [0, 0.05) is 32.6 Å². The van der Waals surface area contributed by atoms with Crippen molar-refractivity contribution in [3.8, 4) is 0 Å². The number of imidazole rings is 1. The van der Waals surface area contributed by atoms with Crippen LogP contribution in [0, 0.1) is 5.41 Å². The van der Waals surface area contributed by atoms with Crippen molar-refractivity contribution in [3.63, 3.8) is 0 Å². The molecule has 0 saturated heterocycles. The number of rotatable bonds is 9. The van der Waals surface area contributed by atoms with Crippen LogP contribution in [0.25, 0.3) is 0 Å². The molecule has 0 spiro atoms. The maximum absolute atomic E-state index is 14.2. The summed E-state index contributed by atoms with van der Waals surface area (Å²) >= 11 is 0. The van der Waals surface area contributed by atoms with Crippen LogP contribution < -0.4 is 5.73 Å². The molecule has 0 bridgehead atoms. The predicted octanol–water partition coefficient (Wildman–Crippen LogP) is 2.79. The highest BCUT2D eigenvalue weighted by atomic mass is 19.1. The average molecular weight is 391 g/mol. The van der Waals surface area contributed by atoms with E-state index in [0.717, 1.165) is 5.56 Å². The molecule has 1 aromatic heterocycles. The van der Waals surface area contributed by atoms with Crippen LogP contribution in [-0.2, 0) is 16.1 Å². The highest BCUT2D eigenvalue weighted by Crippen LogP contribution is 2.38. The molecule has 154 valence electrons. The fourth-order valence-corrected chi connectivity index (χ4v) is 3.32. The summed E-state index contributed by atoms with van der Waals surface area (Å²) in [6.07, 6.45) is 2.28. The molecule has 2 atom stereocenters. The van der Waals surface area contributed by atoms with Crippen molar-refractivity contribution in [3.05, 3.63) is 54.1 Å². The monoisotopic (exact) mass is 390 g/mol. The Hall–Kier alpha value is -2.25. The van der Waals surface area contributed by atoms with E-state index in [2.05, 4.69) is 4.98 Å². The van der Waals surface area contributed by atoms with Crippen LogP contribution in [0.15, 0.2) is 42.7 Å². The molecule has 1 unspecified atom stereocenters. The highest BCUT2D eigenvalue weighted by Gasteiger charge is 2.38. The van der Waals surface area contributed by atoms with Crippen molar-refractivity contribution in [2.75, 3.05) is 26.8 Å². The number of amides is 1. The van der Waals surface area contributed by atoms with Crippen molar-refractivity contribution < 1.29 is 13.9 Å². The molecule has 0 aliphatic heterocycles. The second-order valence-corrected chi connectivity index (χ2v) is 7.98. The lowest BCUT2D eigenvalue weighted by atomic mass is 9.84. The average Bonchev–Trinajstić information content (AvgIpc) is 3.08. The maximum atomic E-state index is 14.2. The van der Waals surface area contributed by atoms with E-state index in [4.69, 9.17) is 10.5 Å². The third kappa shape index (κ3) is 5.62. The fourth-order valence-electron chi connectivity index (χ4n) is 3.32. The van der Waals surface area contributed by atoms with Gasteiger partial charge in [0.1, 0.15) is 18.6 Å². The number of hydrogen-bond acceptors (Lipinski definition) is 4. The Morgan fingerprint density at radius 3 is 2.57 bits per heavy atom. The second kappa shape index (κ2) is 9.80. The van der Waals surface area contributed by atoms with Crippen LogP contribution in [0.4, 0.5) is 4.39 Å². The number of ether oxygens (including phenoxy) is 1. The van der Waals surface area contributed by atoms with Crippen LogP contribution >= 0.6 is 0 Å². The number of methoxy groups -OCH3 is 1. The van der Waals surface area contributed by atoms with Gasteiger partial charge >= 0.3 is 0 Å². The van der Waals surface area contributed by atoms with Gasteiger partial charge < -0.3 is 19.9 Å². The zero-order chi connectivity index (χ0) is 20.7. The van der Waals surface area contributed by atoms with E-state index in [-0.39, 0.29) is 31.0 Å². The van der Waals surface area contributed by atoms with Gasteiger partial charge in [-0.3, -0.25) is 4.79 Å². The van der Waals surface area contributed by atoms with Crippen molar-refractivity contribution in [1.82, 2.24) is 14.5 Å². The first kappa shape index (κ1) is 22.0. The SMILES string of the molecule is COCC(=O)N(C[C@@H](F)CN)C(c1nccn1Cc1ccccc1)C(C)(C)C. The minimum Gasteiger partial charge on any atom is -0.375 e. The number of alkyl halides is 1. The first-order valence-electron chi connectivity index (χ1n) is 9.45. The molecule has 28 heavy (non-hydrogen) atoms. The van der Waals surface area contributed by atoms with Gasteiger partial charge in [0.05, 0.1) is 12.6 Å². The Balaban J connectivity index is 2.44. The second-order valence-electron chi connectivity index (χ2n) is 7.98. The molecular weight excluding hydrogens is 359 g/mol. The molecule has 0 radical (unpaired) electrons. The molecule has 7 heteroatoms. The van der Waals surface area contributed by atoms with Crippen LogP contribution in [0.2, 0.25) is 0 Å². The van der Waals surface area contributed by atoms with Crippen LogP contribution in [0.1, 0.15) is 38.2 Å². The third-order valence-corrected chi connectivity index (χ3v) is 4.56. The molecule has 0 aliphatic carbocycles. The van der Waals surface area contributed by atoms with Crippen molar-refractivity contribution in [2.45, 2.75) is 39.5 Å². The first-order chi connectivity index (χ1) is 13.3. The Labute approximate surface area is 166 Å². The van der Waals surface area contributed by atoms with Crippen LogP contribution in [0.3, 0.4) is 0 Å². The summed E-state index contributed by atoms with van der Waals surface area (Å²) in [5.41, 5.74) is 6.23. The molecule has 1 aromatic carbocycles. The number of aromatic nitrogens is 2. The summed E-state index contributed by atoms with van der Waals surface area (Å²) in [5.74, 6) is 0.429. The van der Waals surface area contributed by atoms with Crippen LogP contribution in [-0.4, -0.2) is 53.3 Å². The van der Waals surface area contributed by atoms with E-state index in [1.807, 2.05) is 61.9 Å². The minimum absolute atomic E-state index is 0.0984. The van der Waals surface area contributed by atoms with E-state index in [1.165, 1.54) is 12.0 Å². The standard InChI is InChI=1S/C21H31FN4O2/c1-21(2,3)19(26(14-17(22)12-23)18(27)15-28-4)20-24-10-11-25(20)13-16-8-6-5-7-9-16/h5-11,17,19H,12-15,23H2,1-4H3/t17-,19?/m0/s1. The minimum atomic E-state index is -1.32. The number of nitrogens with two attached hydrogens (primary N) is 1. The van der Waals surface area contributed by atoms with Crippen molar-refractivity contribution >= 4 is 5.91 Å². The van der Waals surface area contributed by atoms with E-state index < -0.39 is 12.2 Å². The lowest BCUT2D eigenvalue weighted by Gasteiger charge is -2.40. The van der Waals surface area contributed by atoms with Gasteiger partial charge in [-0.25, -0.2) is 9.37 Å². The van der Waals surface area contributed by atoms with Gasteiger partial charge in [0.2, 0.25) is 5.91 Å². The summed E-state index contributed by atoms with van der Waals surface area (Å²) in [4.78, 5) is 18.9. The van der Waals surface area contributed by atoms with Gasteiger partial charge in [0.25, 0.3) is 0 Å². The molecular formula is C21H31FN4O2. The smallest absolute Gasteiger partial charge is 0.249 e.